The number of nitrogens with zero attached hydrogens (tertiary/aromatic N) is 6. The monoisotopic (exact) mass is 338 g/mol. The molecule has 3 aromatic heterocycles. The second kappa shape index (κ2) is 5.65. The summed E-state index contributed by atoms with van der Waals surface area (Å²) in [6, 6.07) is 5.66. The number of rotatable bonds is 3. The lowest BCUT2D eigenvalue weighted by molar-refractivity contribution is 0.0668. The van der Waals surface area contributed by atoms with Crippen molar-refractivity contribution in [3.05, 3.63) is 41.7 Å². The van der Waals surface area contributed by atoms with Crippen LogP contribution in [0.15, 0.2) is 28.9 Å². The molecule has 5 rings (SSSR count). The standard InChI is InChI=1S/C17H18N6O2/c24-17(14-5-8-18-25-14)22-9-6-12(7-10-22)16-20-19-15-4-3-13(11-1-2-11)21-23(15)16/h3-5,8,11-12H,1-2,6-7,9-10H2. The molecule has 0 aromatic carbocycles. The maximum absolute atomic E-state index is 12.3. The molecule has 8 heteroatoms. The van der Waals surface area contributed by atoms with Gasteiger partial charge in [0.05, 0.1) is 11.9 Å². The van der Waals surface area contributed by atoms with Crippen molar-refractivity contribution < 1.29 is 9.32 Å². The average Bonchev–Trinajstić information content (AvgIpc) is 3.20. The van der Waals surface area contributed by atoms with Gasteiger partial charge in [0.2, 0.25) is 5.76 Å². The lowest BCUT2D eigenvalue weighted by Crippen LogP contribution is -2.38. The topological polar surface area (TPSA) is 89.4 Å². The van der Waals surface area contributed by atoms with Crippen LogP contribution in [0.1, 0.15) is 59.6 Å². The maximum Gasteiger partial charge on any atom is 0.292 e. The van der Waals surface area contributed by atoms with Crippen molar-refractivity contribution in [2.75, 3.05) is 13.1 Å². The first-order chi connectivity index (χ1) is 12.3. The summed E-state index contributed by atoms with van der Waals surface area (Å²) >= 11 is 0. The first-order valence-electron chi connectivity index (χ1n) is 8.72. The smallest absolute Gasteiger partial charge is 0.292 e. The summed E-state index contributed by atoms with van der Waals surface area (Å²) in [6.07, 6.45) is 5.62. The Kier molecular flexibility index (Phi) is 3.29. The molecule has 1 amide bonds. The molecule has 1 saturated carbocycles. The van der Waals surface area contributed by atoms with Gasteiger partial charge in [-0.05, 0) is 37.8 Å². The third-order valence-corrected chi connectivity index (χ3v) is 5.10. The van der Waals surface area contributed by atoms with Crippen LogP contribution in [0.2, 0.25) is 0 Å². The van der Waals surface area contributed by atoms with Gasteiger partial charge in [-0.1, -0.05) is 5.16 Å². The van der Waals surface area contributed by atoms with Gasteiger partial charge in [0.25, 0.3) is 5.91 Å². The van der Waals surface area contributed by atoms with E-state index in [0.29, 0.717) is 24.8 Å². The molecule has 2 aliphatic rings. The molecular formula is C17H18N6O2. The molecule has 0 unspecified atom stereocenters. The van der Waals surface area contributed by atoms with Crippen molar-refractivity contribution in [1.82, 2.24) is 29.9 Å². The summed E-state index contributed by atoms with van der Waals surface area (Å²) in [6.45, 7) is 1.34. The van der Waals surface area contributed by atoms with E-state index in [9.17, 15) is 4.79 Å². The zero-order chi connectivity index (χ0) is 16.8. The number of amides is 1. The molecule has 0 N–H and O–H groups in total. The highest BCUT2D eigenvalue weighted by molar-refractivity contribution is 5.91. The van der Waals surface area contributed by atoms with E-state index in [-0.39, 0.29) is 11.8 Å². The summed E-state index contributed by atoms with van der Waals surface area (Å²) < 4.78 is 6.86. The molecule has 3 aromatic rings. The minimum atomic E-state index is -0.101. The number of hydrogen-bond donors (Lipinski definition) is 0. The molecule has 0 radical (unpaired) electrons. The van der Waals surface area contributed by atoms with Gasteiger partial charge in [-0.2, -0.15) is 9.61 Å². The Labute approximate surface area is 143 Å². The Morgan fingerprint density at radius 2 is 1.88 bits per heavy atom. The van der Waals surface area contributed by atoms with E-state index in [0.717, 1.165) is 30.0 Å². The van der Waals surface area contributed by atoms with Crippen LogP contribution in [0.25, 0.3) is 5.65 Å². The number of carbonyl (C=O) groups is 1. The minimum absolute atomic E-state index is 0.101. The summed E-state index contributed by atoms with van der Waals surface area (Å²) in [5.74, 6) is 1.96. The van der Waals surface area contributed by atoms with E-state index in [4.69, 9.17) is 9.62 Å². The highest BCUT2D eigenvalue weighted by Crippen LogP contribution is 2.39. The predicted octanol–water partition coefficient (Wildman–Crippen LogP) is 2.01. The molecule has 128 valence electrons. The fourth-order valence-corrected chi connectivity index (χ4v) is 3.49. The first kappa shape index (κ1) is 14.6. The Bertz CT molecular complexity index is 907. The summed E-state index contributed by atoms with van der Waals surface area (Å²) in [4.78, 5) is 14.1. The van der Waals surface area contributed by atoms with Gasteiger partial charge >= 0.3 is 0 Å². The van der Waals surface area contributed by atoms with E-state index < -0.39 is 0 Å². The maximum atomic E-state index is 12.3. The summed E-state index contributed by atoms with van der Waals surface area (Å²) in [5, 5.41) is 17.0. The van der Waals surface area contributed by atoms with Crippen LogP contribution in [0.5, 0.6) is 0 Å². The van der Waals surface area contributed by atoms with E-state index in [1.807, 2.05) is 15.5 Å². The van der Waals surface area contributed by atoms with Crippen LogP contribution in [-0.2, 0) is 0 Å². The van der Waals surface area contributed by atoms with Crippen molar-refractivity contribution in [2.45, 2.75) is 37.5 Å². The minimum Gasteiger partial charge on any atom is -0.351 e. The highest BCUT2D eigenvalue weighted by Gasteiger charge is 2.30. The van der Waals surface area contributed by atoms with E-state index in [1.54, 1.807) is 6.07 Å². The molecule has 4 heterocycles. The van der Waals surface area contributed by atoms with Crippen molar-refractivity contribution in [3.63, 3.8) is 0 Å². The van der Waals surface area contributed by atoms with E-state index >= 15 is 0 Å². The van der Waals surface area contributed by atoms with Gasteiger partial charge in [-0.3, -0.25) is 4.79 Å². The average molecular weight is 338 g/mol. The zero-order valence-electron chi connectivity index (χ0n) is 13.7. The molecule has 25 heavy (non-hydrogen) atoms. The molecule has 1 aliphatic heterocycles. The largest absolute Gasteiger partial charge is 0.351 e. The molecule has 8 nitrogen and oxygen atoms in total. The Hall–Kier alpha value is -2.77. The van der Waals surface area contributed by atoms with Gasteiger partial charge in [0, 0.05) is 31.0 Å². The second-order valence-electron chi connectivity index (χ2n) is 6.80. The van der Waals surface area contributed by atoms with E-state index in [2.05, 4.69) is 21.4 Å². The molecule has 1 aliphatic carbocycles. The van der Waals surface area contributed by atoms with Crippen molar-refractivity contribution in [3.8, 4) is 0 Å². The third-order valence-electron chi connectivity index (χ3n) is 5.10. The lowest BCUT2D eigenvalue weighted by atomic mass is 9.96. The van der Waals surface area contributed by atoms with Crippen LogP contribution in [0, 0.1) is 0 Å². The molecule has 2 fully saturated rings. The predicted molar refractivity (Wildman–Crippen MR) is 87.1 cm³/mol. The molecule has 0 atom stereocenters. The van der Waals surface area contributed by atoms with E-state index in [1.165, 1.54) is 19.0 Å². The molecule has 0 bridgehead atoms. The van der Waals surface area contributed by atoms with Crippen LogP contribution >= 0.6 is 0 Å². The van der Waals surface area contributed by atoms with Crippen molar-refractivity contribution >= 4 is 11.6 Å². The van der Waals surface area contributed by atoms with Gasteiger partial charge in [0.15, 0.2) is 11.5 Å². The SMILES string of the molecule is O=C(c1ccno1)N1CCC(c2nnc3ccc(C4CC4)nn23)CC1. The molecule has 1 saturated heterocycles. The number of aromatic nitrogens is 5. The van der Waals surface area contributed by atoms with Crippen LogP contribution in [0.4, 0.5) is 0 Å². The van der Waals surface area contributed by atoms with Crippen LogP contribution < -0.4 is 0 Å². The number of likely N-dealkylation sites (tertiary alicyclic amines) is 1. The highest BCUT2D eigenvalue weighted by atomic mass is 16.5. The van der Waals surface area contributed by atoms with Gasteiger partial charge < -0.3 is 9.42 Å². The fraction of sp³-hybridized carbons (Fsp3) is 0.471. The number of hydrogen-bond acceptors (Lipinski definition) is 6. The Morgan fingerprint density at radius 1 is 1.04 bits per heavy atom. The lowest BCUT2D eigenvalue weighted by Gasteiger charge is -2.30. The fourth-order valence-electron chi connectivity index (χ4n) is 3.49. The van der Waals surface area contributed by atoms with Gasteiger partial charge in [-0.25, -0.2) is 0 Å². The van der Waals surface area contributed by atoms with Crippen LogP contribution in [-0.4, -0.2) is 48.9 Å². The quantitative estimate of drug-likeness (QED) is 0.726. The normalized spacial score (nSPS) is 18.8. The number of carbonyl (C=O) groups excluding carboxylic acids is 1. The van der Waals surface area contributed by atoms with Crippen molar-refractivity contribution in [2.24, 2.45) is 0 Å². The first-order valence-corrected chi connectivity index (χ1v) is 8.72. The number of fused-ring (bicyclic) bond motifs is 1. The molecule has 0 spiro atoms. The number of piperidine rings is 1. The second-order valence-corrected chi connectivity index (χ2v) is 6.80. The summed E-state index contributed by atoms with van der Waals surface area (Å²) in [7, 11) is 0. The Morgan fingerprint density at radius 3 is 2.60 bits per heavy atom. The Balaban J connectivity index is 1.34. The van der Waals surface area contributed by atoms with Gasteiger partial charge in [-0.15, -0.1) is 10.2 Å². The van der Waals surface area contributed by atoms with Crippen LogP contribution in [0.3, 0.4) is 0 Å². The van der Waals surface area contributed by atoms with Crippen molar-refractivity contribution in [1.29, 1.82) is 0 Å². The summed E-state index contributed by atoms with van der Waals surface area (Å²) in [5.41, 5.74) is 1.92. The molecular weight excluding hydrogens is 320 g/mol. The zero-order valence-corrected chi connectivity index (χ0v) is 13.7. The van der Waals surface area contributed by atoms with Gasteiger partial charge in [0.1, 0.15) is 0 Å². The third kappa shape index (κ3) is 2.57.